The number of carbonyl (C=O) groups excluding carboxylic acids is 2. The monoisotopic (exact) mass is 337 g/mol. The molecule has 0 saturated heterocycles. The summed E-state index contributed by atoms with van der Waals surface area (Å²) in [7, 11) is 3.04. The van der Waals surface area contributed by atoms with Crippen molar-refractivity contribution < 1.29 is 14.3 Å². The van der Waals surface area contributed by atoms with Gasteiger partial charge in [-0.1, -0.05) is 22.6 Å². The molecule has 1 amide bonds. The molecule has 1 unspecified atom stereocenters. The van der Waals surface area contributed by atoms with Crippen molar-refractivity contribution in [3.8, 4) is 0 Å². The first kappa shape index (κ1) is 12.9. The molecule has 0 aliphatic rings. The maximum atomic E-state index is 11.6. The lowest BCUT2D eigenvalue weighted by Gasteiger charge is -2.09. The second-order valence-electron chi connectivity index (χ2n) is 3.09. The zero-order valence-corrected chi connectivity index (χ0v) is 11.1. The zero-order valence-electron chi connectivity index (χ0n) is 8.94. The van der Waals surface area contributed by atoms with Crippen LogP contribution in [0, 0.1) is 0 Å². The largest absolute Gasteiger partial charge is 0.468 e. The number of nitrogens with zero attached hydrogens (tertiary/aromatic N) is 2. The van der Waals surface area contributed by atoms with Crippen molar-refractivity contribution in [1.82, 2.24) is 14.9 Å². The average molecular weight is 337 g/mol. The highest BCUT2D eigenvalue weighted by Gasteiger charge is 2.17. The van der Waals surface area contributed by atoms with E-state index in [4.69, 9.17) is 0 Å². The van der Waals surface area contributed by atoms with Crippen LogP contribution in [0.15, 0.2) is 12.5 Å². The van der Waals surface area contributed by atoms with Crippen molar-refractivity contribution >= 4 is 34.5 Å². The molecule has 1 aromatic rings. The number of carbonyl (C=O) groups is 2. The van der Waals surface area contributed by atoms with E-state index in [-0.39, 0.29) is 22.3 Å². The lowest BCUT2D eigenvalue weighted by molar-refractivity contribution is -0.139. The van der Waals surface area contributed by atoms with Crippen molar-refractivity contribution in [3.63, 3.8) is 0 Å². The Labute approximate surface area is 107 Å². The summed E-state index contributed by atoms with van der Waals surface area (Å²) in [6, 6.07) is 0. The Morgan fingerprint density at radius 1 is 1.69 bits per heavy atom. The van der Waals surface area contributed by atoms with E-state index in [1.54, 1.807) is 11.6 Å². The van der Waals surface area contributed by atoms with E-state index in [9.17, 15) is 9.59 Å². The summed E-state index contributed by atoms with van der Waals surface area (Å²) in [5.74, 6) is -0.614. The fourth-order valence-corrected chi connectivity index (χ4v) is 1.53. The van der Waals surface area contributed by atoms with Gasteiger partial charge in [0.2, 0.25) is 0 Å². The Morgan fingerprint density at radius 2 is 2.38 bits per heavy atom. The van der Waals surface area contributed by atoms with Crippen LogP contribution in [0.5, 0.6) is 0 Å². The molecule has 1 heterocycles. The summed E-state index contributed by atoms with van der Waals surface area (Å²) < 4.78 is 5.76. The fourth-order valence-electron chi connectivity index (χ4n) is 1.06. The van der Waals surface area contributed by atoms with Crippen LogP contribution in [0.1, 0.15) is 10.5 Å². The van der Waals surface area contributed by atoms with Gasteiger partial charge >= 0.3 is 5.97 Å². The Kier molecular flexibility index (Phi) is 4.71. The summed E-state index contributed by atoms with van der Waals surface area (Å²) in [6.07, 6.45) is 3.01. The van der Waals surface area contributed by atoms with Crippen LogP contribution in [-0.4, -0.2) is 39.0 Å². The maximum Gasteiger partial charge on any atom is 0.320 e. The molecule has 0 aliphatic carbocycles. The van der Waals surface area contributed by atoms with Gasteiger partial charge in [-0.2, -0.15) is 0 Å². The third kappa shape index (κ3) is 3.19. The lowest BCUT2D eigenvalue weighted by Crippen LogP contribution is -2.34. The predicted octanol–water partition coefficient (Wildman–Crippen LogP) is 0.126. The Balaban J connectivity index is 2.48. The molecular weight excluding hydrogens is 325 g/mol. The van der Waals surface area contributed by atoms with Crippen LogP contribution >= 0.6 is 22.6 Å². The van der Waals surface area contributed by atoms with Crippen LogP contribution < -0.4 is 5.32 Å². The minimum Gasteiger partial charge on any atom is -0.468 e. The number of nitrogens with one attached hydrogen (secondary N) is 1. The lowest BCUT2D eigenvalue weighted by atomic mass is 10.4. The number of amides is 1. The van der Waals surface area contributed by atoms with E-state index in [2.05, 4.69) is 15.0 Å². The van der Waals surface area contributed by atoms with E-state index < -0.39 is 0 Å². The Morgan fingerprint density at radius 3 is 2.88 bits per heavy atom. The number of rotatable bonds is 4. The first-order valence-electron chi connectivity index (χ1n) is 4.52. The number of alkyl halides is 1. The molecule has 0 spiro atoms. The van der Waals surface area contributed by atoms with E-state index >= 15 is 0 Å². The number of hydrogen-bond donors (Lipinski definition) is 1. The topological polar surface area (TPSA) is 73.2 Å². The molecule has 0 saturated carbocycles. The van der Waals surface area contributed by atoms with Gasteiger partial charge in [-0.05, 0) is 0 Å². The number of esters is 1. The maximum absolute atomic E-state index is 11.6. The molecule has 88 valence electrons. The normalized spacial score (nSPS) is 11.9. The molecule has 0 aromatic carbocycles. The summed E-state index contributed by atoms with van der Waals surface area (Å²) in [5.41, 5.74) is 0.452. The van der Waals surface area contributed by atoms with Gasteiger partial charge in [0, 0.05) is 13.6 Å². The van der Waals surface area contributed by atoms with Gasteiger partial charge in [-0.15, -0.1) is 0 Å². The molecule has 0 bridgehead atoms. The van der Waals surface area contributed by atoms with Crippen molar-refractivity contribution in [1.29, 1.82) is 0 Å². The molecule has 1 N–H and O–H groups in total. The molecule has 1 aromatic heterocycles. The molecule has 1 rings (SSSR count). The molecule has 0 radical (unpaired) electrons. The molecule has 0 fully saturated rings. The zero-order chi connectivity index (χ0) is 12.1. The molecule has 16 heavy (non-hydrogen) atoms. The van der Waals surface area contributed by atoms with Crippen LogP contribution in [0.2, 0.25) is 0 Å². The molecule has 1 atom stereocenters. The van der Waals surface area contributed by atoms with Gasteiger partial charge in [0.25, 0.3) is 5.91 Å². The second kappa shape index (κ2) is 5.83. The fraction of sp³-hybridized carbons (Fsp3) is 0.444. The standard InChI is InChI=1S/C9H12IN3O3/c1-13-5-11-4-7(13)8(14)12-3-6(10)9(15)16-2/h4-6H,3H2,1-2H3,(H,12,14). The number of imidazole rings is 1. The van der Waals surface area contributed by atoms with Crippen LogP contribution in [0.4, 0.5) is 0 Å². The van der Waals surface area contributed by atoms with Crippen molar-refractivity contribution in [3.05, 3.63) is 18.2 Å². The van der Waals surface area contributed by atoms with E-state index in [0.29, 0.717) is 5.69 Å². The third-order valence-corrected chi connectivity index (χ3v) is 2.90. The van der Waals surface area contributed by atoms with Gasteiger partial charge < -0.3 is 14.6 Å². The summed E-state index contributed by atoms with van der Waals surface area (Å²) in [4.78, 5) is 26.5. The summed E-state index contributed by atoms with van der Waals surface area (Å²) >= 11 is 1.92. The molecule has 0 aliphatic heterocycles. The minimum atomic E-state index is -0.389. The van der Waals surface area contributed by atoms with Crippen molar-refractivity contribution in [2.45, 2.75) is 3.92 Å². The Bertz CT molecular complexity index is 391. The van der Waals surface area contributed by atoms with Gasteiger partial charge in [0.1, 0.15) is 9.62 Å². The van der Waals surface area contributed by atoms with E-state index in [1.807, 2.05) is 22.6 Å². The smallest absolute Gasteiger partial charge is 0.320 e. The molecular formula is C9H12IN3O3. The molecule has 7 heteroatoms. The number of aryl methyl sites for hydroxylation is 1. The highest BCUT2D eigenvalue weighted by Crippen LogP contribution is 2.02. The minimum absolute atomic E-state index is 0.233. The Hall–Kier alpha value is -1.12. The predicted molar refractivity (Wildman–Crippen MR) is 65.4 cm³/mol. The van der Waals surface area contributed by atoms with Gasteiger partial charge in [0.15, 0.2) is 0 Å². The SMILES string of the molecule is COC(=O)C(I)CNC(=O)c1cncn1C. The number of hydrogen-bond acceptors (Lipinski definition) is 4. The first-order chi connectivity index (χ1) is 7.56. The van der Waals surface area contributed by atoms with Gasteiger partial charge in [-0.3, -0.25) is 9.59 Å². The van der Waals surface area contributed by atoms with Crippen LogP contribution in [-0.2, 0) is 16.6 Å². The van der Waals surface area contributed by atoms with Crippen molar-refractivity contribution in [2.24, 2.45) is 7.05 Å². The van der Waals surface area contributed by atoms with Crippen LogP contribution in [0.3, 0.4) is 0 Å². The third-order valence-electron chi connectivity index (χ3n) is 1.95. The molecule has 6 nitrogen and oxygen atoms in total. The summed E-state index contributed by atoms with van der Waals surface area (Å²) in [5, 5.41) is 2.63. The van der Waals surface area contributed by atoms with Gasteiger partial charge in [-0.25, -0.2) is 4.98 Å². The quantitative estimate of drug-likeness (QED) is 0.481. The number of ether oxygens (including phenoxy) is 1. The number of aromatic nitrogens is 2. The highest BCUT2D eigenvalue weighted by molar-refractivity contribution is 14.1. The van der Waals surface area contributed by atoms with E-state index in [0.717, 1.165) is 0 Å². The average Bonchev–Trinajstić information content (AvgIpc) is 2.70. The van der Waals surface area contributed by atoms with Crippen molar-refractivity contribution in [2.75, 3.05) is 13.7 Å². The number of halogens is 1. The first-order valence-corrected chi connectivity index (χ1v) is 5.77. The van der Waals surface area contributed by atoms with Gasteiger partial charge in [0.05, 0.1) is 19.6 Å². The summed E-state index contributed by atoms with van der Waals surface area (Å²) in [6.45, 7) is 0.233. The van der Waals surface area contributed by atoms with Crippen LogP contribution in [0.25, 0.3) is 0 Å². The second-order valence-corrected chi connectivity index (χ2v) is 4.59. The highest BCUT2D eigenvalue weighted by atomic mass is 127. The number of methoxy groups -OCH3 is 1. The van der Waals surface area contributed by atoms with E-state index in [1.165, 1.54) is 19.6 Å².